The topological polar surface area (TPSA) is 69.7 Å². The van der Waals surface area contributed by atoms with Crippen LogP contribution in [0.3, 0.4) is 0 Å². The number of imide groups is 1. The van der Waals surface area contributed by atoms with Crippen LogP contribution in [0, 0.1) is 11.3 Å². The molecule has 1 N–H and O–H groups in total. The first-order valence-corrected chi connectivity index (χ1v) is 10.2. The summed E-state index contributed by atoms with van der Waals surface area (Å²) in [7, 11) is 0. The van der Waals surface area contributed by atoms with Crippen LogP contribution in [-0.4, -0.2) is 46.3 Å². The lowest BCUT2D eigenvalue weighted by atomic mass is 9.64. The molecule has 1 spiro atoms. The van der Waals surface area contributed by atoms with Gasteiger partial charge in [0.25, 0.3) is 5.91 Å². The van der Waals surface area contributed by atoms with Gasteiger partial charge in [-0.3, -0.25) is 14.5 Å². The molecule has 4 amide bonds. The van der Waals surface area contributed by atoms with Crippen LogP contribution in [0.4, 0.5) is 4.79 Å². The average molecular weight is 383 g/mol. The fourth-order valence-electron chi connectivity index (χ4n) is 5.59. The number of nitrogens with zero attached hydrogens (tertiary/aromatic N) is 2. The van der Waals surface area contributed by atoms with Gasteiger partial charge in [-0.25, -0.2) is 4.79 Å². The second-order valence-corrected chi connectivity index (χ2v) is 9.59. The maximum absolute atomic E-state index is 13.2. The number of carbonyl (C=O) groups excluding carboxylic acids is 3. The van der Waals surface area contributed by atoms with E-state index >= 15 is 0 Å². The Labute approximate surface area is 166 Å². The molecule has 150 valence electrons. The Morgan fingerprint density at radius 2 is 1.89 bits per heavy atom. The van der Waals surface area contributed by atoms with Crippen molar-refractivity contribution in [2.45, 2.75) is 58.5 Å². The lowest BCUT2D eigenvalue weighted by Crippen LogP contribution is -2.54. The van der Waals surface area contributed by atoms with Crippen LogP contribution in [0.1, 0.15) is 51.2 Å². The molecule has 2 fully saturated rings. The summed E-state index contributed by atoms with van der Waals surface area (Å²) in [5.41, 5.74) is 1.53. The second-order valence-electron chi connectivity index (χ2n) is 9.59. The zero-order chi connectivity index (χ0) is 20.1. The molecule has 3 aliphatic rings. The highest BCUT2D eigenvalue weighted by atomic mass is 16.2. The molecule has 2 heterocycles. The van der Waals surface area contributed by atoms with Crippen molar-refractivity contribution in [3.63, 3.8) is 0 Å². The number of benzene rings is 1. The summed E-state index contributed by atoms with van der Waals surface area (Å²) in [5.74, 6) is -0.0525. The number of carbonyl (C=O) groups is 3. The van der Waals surface area contributed by atoms with Crippen molar-refractivity contribution in [1.29, 1.82) is 0 Å². The van der Waals surface area contributed by atoms with Crippen molar-refractivity contribution < 1.29 is 14.4 Å². The average Bonchev–Trinajstić information content (AvgIpc) is 2.82. The third-order valence-corrected chi connectivity index (χ3v) is 6.40. The van der Waals surface area contributed by atoms with Gasteiger partial charge in [-0.1, -0.05) is 45.0 Å². The zero-order valence-corrected chi connectivity index (χ0v) is 17.0. The van der Waals surface area contributed by atoms with E-state index in [0.29, 0.717) is 31.8 Å². The number of hydrogen-bond donors (Lipinski definition) is 1. The van der Waals surface area contributed by atoms with E-state index < -0.39 is 11.6 Å². The normalized spacial score (nSPS) is 29.0. The Hall–Kier alpha value is -2.37. The molecule has 6 heteroatoms. The number of nitrogens with one attached hydrogen (secondary N) is 1. The number of urea groups is 1. The maximum Gasteiger partial charge on any atom is 0.325 e. The lowest BCUT2D eigenvalue weighted by Gasteiger charge is -2.43. The molecular formula is C22H29N3O3. The number of amides is 4. The fraction of sp³-hybridized carbons (Fsp3) is 0.591. The predicted octanol–water partition coefficient (Wildman–Crippen LogP) is 2.71. The smallest absolute Gasteiger partial charge is 0.325 e. The standard InChI is InChI=1S/C22H29N3O3/c1-15-10-21(2,3)14-22(11-15)19(27)25(20(28)23-22)13-18(26)24-9-8-16-6-4-5-7-17(16)12-24/h4-7,15H,8-14H2,1-3H3,(H,23,28). The molecule has 1 aromatic rings. The first kappa shape index (κ1) is 19.0. The summed E-state index contributed by atoms with van der Waals surface area (Å²) < 4.78 is 0. The van der Waals surface area contributed by atoms with Gasteiger partial charge in [-0.05, 0) is 48.1 Å². The second kappa shape index (κ2) is 6.61. The van der Waals surface area contributed by atoms with E-state index in [-0.39, 0.29) is 23.8 Å². The van der Waals surface area contributed by atoms with E-state index in [1.807, 2.05) is 18.2 Å². The van der Waals surface area contributed by atoms with E-state index in [0.717, 1.165) is 23.3 Å². The molecule has 6 nitrogen and oxygen atoms in total. The first-order chi connectivity index (χ1) is 13.2. The summed E-state index contributed by atoms with van der Waals surface area (Å²) in [4.78, 5) is 41.6. The third kappa shape index (κ3) is 3.29. The van der Waals surface area contributed by atoms with Crippen LogP contribution in [0.15, 0.2) is 24.3 Å². The molecule has 1 saturated heterocycles. The third-order valence-electron chi connectivity index (χ3n) is 6.40. The summed E-state index contributed by atoms with van der Waals surface area (Å²) in [6, 6.07) is 7.67. The molecule has 1 aliphatic carbocycles. The largest absolute Gasteiger partial charge is 0.336 e. The summed E-state index contributed by atoms with van der Waals surface area (Å²) in [6.07, 6.45) is 3.10. The summed E-state index contributed by atoms with van der Waals surface area (Å²) in [5, 5.41) is 2.95. The Morgan fingerprint density at radius 3 is 2.61 bits per heavy atom. The van der Waals surface area contributed by atoms with Crippen LogP contribution in [0.2, 0.25) is 0 Å². The molecule has 4 rings (SSSR count). The molecule has 28 heavy (non-hydrogen) atoms. The molecule has 2 atom stereocenters. The summed E-state index contributed by atoms with van der Waals surface area (Å²) >= 11 is 0. The molecule has 2 aliphatic heterocycles. The Balaban J connectivity index is 1.47. The van der Waals surface area contributed by atoms with Crippen molar-refractivity contribution in [3.05, 3.63) is 35.4 Å². The van der Waals surface area contributed by atoms with Gasteiger partial charge in [0.1, 0.15) is 12.1 Å². The van der Waals surface area contributed by atoms with Gasteiger partial charge in [0.05, 0.1) is 0 Å². The minimum Gasteiger partial charge on any atom is -0.336 e. The van der Waals surface area contributed by atoms with Crippen molar-refractivity contribution in [3.8, 4) is 0 Å². The molecule has 0 radical (unpaired) electrons. The zero-order valence-electron chi connectivity index (χ0n) is 17.0. The van der Waals surface area contributed by atoms with Crippen LogP contribution in [-0.2, 0) is 22.6 Å². The van der Waals surface area contributed by atoms with Crippen LogP contribution in [0.5, 0.6) is 0 Å². The summed E-state index contributed by atoms with van der Waals surface area (Å²) in [6.45, 7) is 7.39. The first-order valence-electron chi connectivity index (χ1n) is 10.2. The monoisotopic (exact) mass is 383 g/mol. The number of rotatable bonds is 2. The molecule has 2 unspecified atom stereocenters. The fourth-order valence-corrected chi connectivity index (χ4v) is 5.59. The highest BCUT2D eigenvalue weighted by molar-refractivity contribution is 6.09. The number of fused-ring (bicyclic) bond motifs is 1. The van der Waals surface area contributed by atoms with Crippen LogP contribution < -0.4 is 5.32 Å². The van der Waals surface area contributed by atoms with E-state index in [2.05, 4.69) is 32.2 Å². The Bertz CT molecular complexity index is 834. The quantitative estimate of drug-likeness (QED) is 0.799. The molecular weight excluding hydrogens is 354 g/mol. The lowest BCUT2D eigenvalue weighted by molar-refractivity contribution is -0.141. The molecule has 0 bridgehead atoms. The van der Waals surface area contributed by atoms with Crippen molar-refractivity contribution in [2.24, 2.45) is 11.3 Å². The highest BCUT2D eigenvalue weighted by Crippen LogP contribution is 2.46. The molecule has 1 aromatic carbocycles. The number of hydrogen-bond acceptors (Lipinski definition) is 3. The van der Waals surface area contributed by atoms with Gasteiger partial charge < -0.3 is 10.2 Å². The minimum atomic E-state index is -0.854. The Morgan fingerprint density at radius 1 is 1.18 bits per heavy atom. The van der Waals surface area contributed by atoms with E-state index in [1.54, 1.807) is 4.90 Å². The van der Waals surface area contributed by atoms with Crippen molar-refractivity contribution in [2.75, 3.05) is 13.1 Å². The highest BCUT2D eigenvalue weighted by Gasteiger charge is 2.56. The van der Waals surface area contributed by atoms with Gasteiger partial charge in [-0.2, -0.15) is 0 Å². The van der Waals surface area contributed by atoms with Gasteiger partial charge in [0.15, 0.2) is 0 Å². The van der Waals surface area contributed by atoms with Gasteiger partial charge in [0.2, 0.25) is 5.91 Å². The van der Waals surface area contributed by atoms with Gasteiger partial charge in [-0.15, -0.1) is 0 Å². The van der Waals surface area contributed by atoms with Gasteiger partial charge in [0, 0.05) is 13.1 Å². The van der Waals surface area contributed by atoms with E-state index in [1.165, 1.54) is 5.56 Å². The van der Waals surface area contributed by atoms with Crippen LogP contribution in [0.25, 0.3) is 0 Å². The van der Waals surface area contributed by atoms with Gasteiger partial charge >= 0.3 is 6.03 Å². The SMILES string of the molecule is CC1CC(C)(C)CC2(C1)NC(=O)N(CC(=O)N1CCc3ccccc3C1)C2=O. The van der Waals surface area contributed by atoms with E-state index in [4.69, 9.17) is 0 Å². The molecule has 1 saturated carbocycles. The van der Waals surface area contributed by atoms with E-state index in [9.17, 15) is 14.4 Å². The minimum absolute atomic E-state index is 0.0167. The molecule has 0 aromatic heterocycles. The van der Waals surface area contributed by atoms with Crippen LogP contribution >= 0.6 is 0 Å². The van der Waals surface area contributed by atoms with Crippen molar-refractivity contribution in [1.82, 2.24) is 15.1 Å². The maximum atomic E-state index is 13.2. The Kier molecular flexibility index (Phi) is 4.47. The van der Waals surface area contributed by atoms with Crippen molar-refractivity contribution >= 4 is 17.8 Å². The predicted molar refractivity (Wildman–Crippen MR) is 105 cm³/mol.